The molecule has 0 saturated heterocycles. The molecule has 11 heteroatoms. The topological polar surface area (TPSA) is 156 Å². The first-order valence-electron chi connectivity index (χ1n) is 10.2. The van der Waals surface area contributed by atoms with Crippen LogP contribution in [0, 0.1) is 23.0 Å². The van der Waals surface area contributed by atoms with Crippen molar-refractivity contribution in [2.24, 2.45) is 5.92 Å². The molecule has 0 bridgehead atoms. The normalized spacial score (nSPS) is 11.5. The Hall–Kier alpha value is -3.76. The second kappa shape index (κ2) is 11.6. The van der Waals surface area contributed by atoms with Gasteiger partial charge >= 0.3 is 5.97 Å². The first-order chi connectivity index (χ1) is 15.2. The molecule has 2 aromatic rings. The molecule has 1 atom stereocenters. The maximum atomic E-state index is 12.5. The minimum atomic E-state index is -0.761. The molecular formula is C21H27N5O6. The molecule has 0 aliphatic carbocycles. The number of rotatable bonds is 11. The van der Waals surface area contributed by atoms with Crippen molar-refractivity contribution in [2.45, 2.75) is 33.6 Å². The Labute approximate surface area is 185 Å². The molecule has 32 heavy (non-hydrogen) atoms. The predicted molar refractivity (Wildman–Crippen MR) is 115 cm³/mol. The maximum absolute atomic E-state index is 12.5. The van der Waals surface area contributed by atoms with Gasteiger partial charge in [0.15, 0.2) is 0 Å². The Morgan fingerprint density at radius 3 is 2.56 bits per heavy atom. The number of H-pyrrole nitrogens is 1. The van der Waals surface area contributed by atoms with Gasteiger partial charge in [-0.1, -0.05) is 6.92 Å². The molecule has 1 heterocycles. The minimum Gasteiger partial charge on any atom is -0.462 e. The van der Waals surface area contributed by atoms with Gasteiger partial charge in [-0.2, -0.15) is 5.10 Å². The van der Waals surface area contributed by atoms with Gasteiger partial charge in [-0.15, -0.1) is 0 Å². The summed E-state index contributed by atoms with van der Waals surface area (Å²) in [5.41, 5.74) is 1.54. The number of esters is 1. The number of carbonyl (C=O) groups excluding carboxylic acids is 3. The summed E-state index contributed by atoms with van der Waals surface area (Å²) in [5, 5.41) is 23.4. The van der Waals surface area contributed by atoms with Gasteiger partial charge in [-0.05, 0) is 38.3 Å². The number of aryl methyl sites for hydroxylation is 2. The second-order valence-corrected chi connectivity index (χ2v) is 7.27. The third-order valence-corrected chi connectivity index (χ3v) is 4.77. The molecule has 0 fully saturated rings. The van der Waals surface area contributed by atoms with Gasteiger partial charge in [0.25, 0.3) is 11.6 Å². The number of amides is 2. The van der Waals surface area contributed by atoms with Gasteiger partial charge < -0.3 is 15.4 Å². The number of ether oxygens (including phenoxy) is 1. The lowest BCUT2D eigenvalue weighted by atomic mass is 10.1. The van der Waals surface area contributed by atoms with Crippen LogP contribution in [0.15, 0.2) is 24.4 Å². The number of hydrogen-bond donors (Lipinski definition) is 3. The molecule has 3 N–H and O–H groups in total. The summed E-state index contributed by atoms with van der Waals surface area (Å²) in [7, 11) is 0. The van der Waals surface area contributed by atoms with Crippen molar-refractivity contribution >= 4 is 23.5 Å². The van der Waals surface area contributed by atoms with Crippen LogP contribution in [0.5, 0.6) is 0 Å². The van der Waals surface area contributed by atoms with Crippen LogP contribution < -0.4 is 10.6 Å². The Bertz CT molecular complexity index is 987. The molecular weight excluding hydrogens is 418 g/mol. The van der Waals surface area contributed by atoms with E-state index < -0.39 is 28.4 Å². The number of aromatic amines is 1. The number of nitro benzene ring substituents is 1. The quantitative estimate of drug-likeness (QED) is 0.206. The van der Waals surface area contributed by atoms with Crippen molar-refractivity contribution in [1.29, 1.82) is 0 Å². The third-order valence-electron chi connectivity index (χ3n) is 4.77. The van der Waals surface area contributed by atoms with Crippen LogP contribution >= 0.6 is 0 Å². The number of nitro groups is 1. The third kappa shape index (κ3) is 6.89. The van der Waals surface area contributed by atoms with E-state index in [4.69, 9.17) is 4.74 Å². The lowest BCUT2D eigenvalue weighted by Crippen LogP contribution is -2.38. The van der Waals surface area contributed by atoms with Crippen molar-refractivity contribution in [2.75, 3.05) is 19.7 Å². The van der Waals surface area contributed by atoms with E-state index in [1.165, 1.54) is 6.07 Å². The zero-order valence-electron chi connectivity index (χ0n) is 18.3. The van der Waals surface area contributed by atoms with Crippen molar-refractivity contribution < 1.29 is 24.0 Å². The molecule has 0 saturated carbocycles. The fourth-order valence-corrected chi connectivity index (χ4v) is 2.91. The Morgan fingerprint density at radius 2 is 1.94 bits per heavy atom. The molecule has 0 spiro atoms. The predicted octanol–water partition coefficient (Wildman–Crippen LogP) is 1.92. The number of nitrogens with one attached hydrogen (secondary N) is 3. The summed E-state index contributed by atoms with van der Waals surface area (Å²) in [4.78, 5) is 47.1. The number of carbonyl (C=O) groups is 3. The van der Waals surface area contributed by atoms with Crippen LogP contribution in [0.3, 0.4) is 0 Å². The van der Waals surface area contributed by atoms with E-state index in [9.17, 15) is 24.5 Å². The van der Waals surface area contributed by atoms with E-state index in [2.05, 4.69) is 20.8 Å². The summed E-state index contributed by atoms with van der Waals surface area (Å²) >= 11 is 0. The molecule has 1 aromatic heterocycles. The second-order valence-electron chi connectivity index (χ2n) is 7.27. The molecule has 0 radical (unpaired) electrons. The Balaban J connectivity index is 1.88. The fourth-order valence-electron chi connectivity index (χ4n) is 2.91. The van der Waals surface area contributed by atoms with Gasteiger partial charge in [-0.3, -0.25) is 24.8 Å². The van der Waals surface area contributed by atoms with Gasteiger partial charge in [0.05, 0.1) is 29.2 Å². The van der Waals surface area contributed by atoms with Gasteiger partial charge in [-0.25, -0.2) is 4.79 Å². The lowest BCUT2D eigenvalue weighted by molar-refractivity contribution is -0.384. The number of benzene rings is 1. The summed E-state index contributed by atoms with van der Waals surface area (Å²) in [6.07, 6.45) is 3.29. The Kier molecular flexibility index (Phi) is 8.87. The molecule has 2 amide bonds. The monoisotopic (exact) mass is 445 g/mol. The van der Waals surface area contributed by atoms with Crippen LogP contribution in [0.1, 0.15) is 52.2 Å². The van der Waals surface area contributed by atoms with Crippen molar-refractivity contribution in [3.63, 3.8) is 0 Å². The average molecular weight is 445 g/mol. The van der Waals surface area contributed by atoms with Crippen LogP contribution in [0.4, 0.5) is 5.69 Å². The standard InChI is InChI=1S/C21H27N5O6/c1-4-32-21(29)17-8-16(9-18(10-17)26(30)31)20(28)23-11-13(2)19(27)22-7-5-6-15-12-24-25-14(15)3/h8-10,12-13H,4-7,11H2,1-3H3,(H,22,27)(H,23,28)(H,24,25). The molecule has 1 unspecified atom stereocenters. The highest BCUT2D eigenvalue weighted by Gasteiger charge is 2.20. The molecule has 0 aliphatic heterocycles. The fraction of sp³-hybridized carbons (Fsp3) is 0.429. The summed E-state index contributed by atoms with van der Waals surface area (Å²) in [6, 6.07) is 3.35. The van der Waals surface area contributed by atoms with E-state index in [1.807, 2.05) is 6.92 Å². The van der Waals surface area contributed by atoms with E-state index in [1.54, 1.807) is 20.0 Å². The van der Waals surface area contributed by atoms with Crippen LogP contribution in [0.2, 0.25) is 0 Å². The molecule has 1 aromatic carbocycles. The molecule has 0 aliphatic rings. The van der Waals surface area contributed by atoms with E-state index >= 15 is 0 Å². The van der Waals surface area contributed by atoms with Crippen LogP contribution in [0.25, 0.3) is 0 Å². The smallest absolute Gasteiger partial charge is 0.338 e. The highest BCUT2D eigenvalue weighted by atomic mass is 16.6. The first-order valence-corrected chi connectivity index (χ1v) is 10.2. The van der Waals surface area contributed by atoms with E-state index in [0.29, 0.717) is 6.54 Å². The molecule has 2 rings (SSSR count). The van der Waals surface area contributed by atoms with E-state index in [0.717, 1.165) is 36.2 Å². The van der Waals surface area contributed by atoms with E-state index in [-0.39, 0.29) is 30.2 Å². The minimum absolute atomic E-state index is 0.0307. The Morgan fingerprint density at radius 1 is 1.22 bits per heavy atom. The number of aromatic nitrogens is 2. The SMILES string of the molecule is CCOC(=O)c1cc(C(=O)NCC(C)C(=O)NCCCc2cn[nH]c2C)cc([N+](=O)[O-])c1. The maximum Gasteiger partial charge on any atom is 0.338 e. The molecule has 11 nitrogen and oxygen atoms in total. The lowest BCUT2D eigenvalue weighted by Gasteiger charge is -2.13. The zero-order chi connectivity index (χ0) is 23.7. The first kappa shape index (κ1) is 24.5. The van der Waals surface area contributed by atoms with Gasteiger partial charge in [0, 0.05) is 36.5 Å². The van der Waals surface area contributed by atoms with Crippen LogP contribution in [-0.4, -0.2) is 52.6 Å². The number of nitrogens with zero attached hydrogens (tertiary/aromatic N) is 2. The number of hydrogen-bond acceptors (Lipinski definition) is 7. The number of non-ortho nitro benzene ring substituents is 1. The van der Waals surface area contributed by atoms with Crippen molar-refractivity contribution in [1.82, 2.24) is 20.8 Å². The highest BCUT2D eigenvalue weighted by molar-refractivity contribution is 5.99. The summed E-state index contributed by atoms with van der Waals surface area (Å²) in [5.74, 6) is -2.13. The summed E-state index contributed by atoms with van der Waals surface area (Å²) < 4.78 is 4.85. The van der Waals surface area contributed by atoms with Crippen molar-refractivity contribution in [3.05, 3.63) is 56.9 Å². The van der Waals surface area contributed by atoms with Crippen molar-refractivity contribution in [3.8, 4) is 0 Å². The largest absolute Gasteiger partial charge is 0.462 e. The zero-order valence-corrected chi connectivity index (χ0v) is 18.3. The molecule has 172 valence electrons. The summed E-state index contributed by atoms with van der Waals surface area (Å²) in [6.45, 7) is 5.81. The average Bonchev–Trinajstić information content (AvgIpc) is 3.18. The highest BCUT2D eigenvalue weighted by Crippen LogP contribution is 2.18. The van der Waals surface area contributed by atoms with Crippen LogP contribution in [-0.2, 0) is 16.0 Å². The van der Waals surface area contributed by atoms with Gasteiger partial charge in [0.1, 0.15) is 0 Å². The van der Waals surface area contributed by atoms with Gasteiger partial charge in [0.2, 0.25) is 5.91 Å².